The van der Waals surface area contributed by atoms with Crippen molar-refractivity contribution < 1.29 is 30.4 Å². The van der Waals surface area contributed by atoms with E-state index in [1.54, 1.807) is 0 Å². The van der Waals surface area contributed by atoms with E-state index in [1.807, 2.05) is 65.5 Å². The predicted molar refractivity (Wildman–Crippen MR) is 158 cm³/mol. The summed E-state index contributed by atoms with van der Waals surface area (Å²) in [5.41, 5.74) is 4.00. The Morgan fingerprint density at radius 3 is 1.83 bits per heavy atom. The van der Waals surface area contributed by atoms with Crippen molar-refractivity contribution in [2.24, 2.45) is 0 Å². The van der Waals surface area contributed by atoms with Crippen molar-refractivity contribution in [3.05, 3.63) is 141 Å². The number of rotatable bonds is 4. The molecule has 8 aromatic rings. The Morgan fingerprint density at radius 1 is 0.610 bits per heavy atom. The summed E-state index contributed by atoms with van der Waals surface area (Å²) in [4.78, 5) is 4.62. The van der Waals surface area contributed by atoms with Crippen LogP contribution in [0, 0.1) is 19.2 Å². The molecule has 200 valence electrons. The van der Waals surface area contributed by atoms with E-state index >= 15 is 0 Å². The first-order valence-electron chi connectivity index (χ1n) is 13.1. The molecule has 0 N–H and O–H groups in total. The van der Waals surface area contributed by atoms with Gasteiger partial charge in [0.2, 0.25) is 0 Å². The third-order valence-corrected chi connectivity index (χ3v) is 7.36. The van der Waals surface area contributed by atoms with Crippen LogP contribution in [0.1, 0.15) is 0 Å². The van der Waals surface area contributed by atoms with Crippen molar-refractivity contribution in [1.29, 1.82) is 0 Å². The average molecular weight is 710 g/mol. The van der Waals surface area contributed by atoms with Gasteiger partial charge in [0.25, 0.3) is 0 Å². The van der Waals surface area contributed by atoms with E-state index in [-0.39, 0.29) is 21.1 Å². The zero-order chi connectivity index (χ0) is 26.6. The molecule has 0 bridgehead atoms. The molecule has 4 aromatic heterocycles. The van der Waals surface area contributed by atoms with E-state index in [0.717, 1.165) is 55.2 Å². The molecule has 0 atom stereocenters. The quantitative estimate of drug-likeness (QED) is 0.140. The maximum atomic E-state index is 6.42. The smallest absolute Gasteiger partial charge is 0.182 e. The molecule has 0 saturated carbocycles. The Hall–Kier alpha value is -4.86. The second-order valence-electron chi connectivity index (χ2n) is 9.69. The first-order chi connectivity index (χ1) is 19.8. The van der Waals surface area contributed by atoms with Crippen LogP contribution < -0.4 is 9.30 Å². The molecule has 0 aliphatic carbocycles. The fourth-order valence-corrected chi connectivity index (χ4v) is 5.62. The molecule has 0 fully saturated rings. The number of hydrogen-bond acceptors (Lipinski definition) is 2. The summed E-state index contributed by atoms with van der Waals surface area (Å²) in [6.45, 7) is 0. The zero-order valence-corrected chi connectivity index (χ0v) is 24.0. The van der Waals surface area contributed by atoms with Crippen molar-refractivity contribution in [3.63, 3.8) is 0 Å². The van der Waals surface area contributed by atoms with Crippen LogP contribution in [0.2, 0.25) is 0 Å². The minimum Gasteiger partial charge on any atom is -0.509 e. The second-order valence-corrected chi connectivity index (χ2v) is 9.69. The van der Waals surface area contributed by atoms with Crippen LogP contribution in [-0.4, -0.2) is 14.1 Å². The molecule has 8 rings (SSSR count). The Balaban J connectivity index is 0.00000276. The summed E-state index contributed by atoms with van der Waals surface area (Å²) in [5, 5.41) is 4.49. The van der Waals surface area contributed by atoms with Gasteiger partial charge in [-0.3, -0.25) is 4.57 Å². The standard InChI is InChI=1S/C35H22N4O.Pt/c1-37-21-9-7-15-35(37)39-31-13-5-3-11-27(31)29-19-17-25(23-33(29)39)40-24-16-18-28-26-10-2-4-12-30(26)38(32(28)22-24)34-14-6-8-20-36-34;/h2-21H,1H2;/q-2;. The number of para-hydroxylation sites is 2. The fourth-order valence-electron chi connectivity index (χ4n) is 5.62. The average Bonchev–Trinajstić information content (AvgIpc) is 3.50. The van der Waals surface area contributed by atoms with Crippen molar-refractivity contribution in [2.45, 2.75) is 0 Å². The second kappa shape index (κ2) is 9.95. The normalized spacial score (nSPS) is 11.3. The maximum Gasteiger partial charge on any atom is 0.182 e. The van der Waals surface area contributed by atoms with Gasteiger partial charge in [0.05, 0.1) is 0 Å². The first kappa shape index (κ1) is 25.1. The van der Waals surface area contributed by atoms with Gasteiger partial charge in [-0.1, -0.05) is 71.6 Å². The van der Waals surface area contributed by atoms with E-state index in [2.05, 4.69) is 94.0 Å². The predicted octanol–water partition coefficient (Wildman–Crippen LogP) is 7.59. The topological polar surface area (TPSA) is 35.9 Å². The number of pyridine rings is 2. The number of aromatic nitrogens is 4. The van der Waals surface area contributed by atoms with Crippen LogP contribution in [0.15, 0.2) is 122 Å². The summed E-state index contributed by atoms with van der Waals surface area (Å²) in [6.07, 6.45) is 3.75. The third kappa shape index (κ3) is 4.01. The molecule has 0 aliphatic rings. The van der Waals surface area contributed by atoms with Gasteiger partial charge >= 0.3 is 0 Å². The van der Waals surface area contributed by atoms with Crippen LogP contribution in [0.25, 0.3) is 55.2 Å². The Kier molecular flexibility index (Phi) is 6.10. The monoisotopic (exact) mass is 709 g/mol. The van der Waals surface area contributed by atoms with Crippen LogP contribution in [0.5, 0.6) is 11.5 Å². The number of hydrogen-bond donors (Lipinski definition) is 0. The molecule has 0 spiro atoms. The molecule has 5 nitrogen and oxygen atoms in total. The van der Waals surface area contributed by atoms with Gasteiger partial charge in [0, 0.05) is 49.8 Å². The SMILES string of the molecule is [CH2-][n+]1ccccc1-n1c2[c-]c(Oc3[c-]c4c(cc3)c3ccccc3n4-c3ccccn3)ccc2c2ccccc21.[Pt]. The van der Waals surface area contributed by atoms with Crippen LogP contribution >= 0.6 is 0 Å². The summed E-state index contributed by atoms with van der Waals surface area (Å²) in [7, 11) is 4.20. The van der Waals surface area contributed by atoms with Gasteiger partial charge in [0.15, 0.2) is 5.82 Å². The molecule has 0 saturated heterocycles. The first-order valence-corrected chi connectivity index (χ1v) is 13.1. The molecule has 4 aromatic carbocycles. The van der Waals surface area contributed by atoms with Gasteiger partial charge in [-0.2, -0.15) is 12.1 Å². The number of fused-ring (bicyclic) bond motifs is 6. The molecule has 41 heavy (non-hydrogen) atoms. The summed E-state index contributed by atoms with van der Waals surface area (Å²) >= 11 is 0. The molecule has 0 radical (unpaired) electrons. The minimum atomic E-state index is 0. The van der Waals surface area contributed by atoms with Crippen molar-refractivity contribution in [1.82, 2.24) is 14.1 Å². The summed E-state index contributed by atoms with van der Waals surface area (Å²) in [6, 6.07) is 43.9. The van der Waals surface area contributed by atoms with E-state index in [1.165, 1.54) is 0 Å². The summed E-state index contributed by atoms with van der Waals surface area (Å²) < 4.78 is 12.6. The van der Waals surface area contributed by atoms with Gasteiger partial charge in [0.1, 0.15) is 11.3 Å². The van der Waals surface area contributed by atoms with Crippen LogP contribution in [0.4, 0.5) is 0 Å². The number of nitrogens with zero attached hydrogens (tertiary/aromatic N) is 4. The molecule has 6 heteroatoms. The third-order valence-electron chi connectivity index (χ3n) is 7.36. The van der Waals surface area contributed by atoms with Crippen molar-refractivity contribution in [3.8, 4) is 23.1 Å². The number of ether oxygens (including phenoxy) is 1. The molecular formula is C35H22N4OPt-2. The van der Waals surface area contributed by atoms with Crippen molar-refractivity contribution in [2.75, 3.05) is 0 Å². The Morgan fingerprint density at radius 2 is 1.20 bits per heavy atom. The minimum absolute atomic E-state index is 0. The Labute approximate surface area is 251 Å². The van der Waals surface area contributed by atoms with E-state index in [9.17, 15) is 0 Å². The van der Waals surface area contributed by atoms with Crippen molar-refractivity contribution >= 4 is 43.6 Å². The molecule has 0 unspecified atom stereocenters. The van der Waals surface area contributed by atoms with Gasteiger partial charge in [-0.15, -0.1) is 23.6 Å². The van der Waals surface area contributed by atoms with Gasteiger partial charge in [-0.05, 0) is 54.3 Å². The molecular weight excluding hydrogens is 687 g/mol. The summed E-state index contributed by atoms with van der Waals surface area (Å²) in [5.74, 6) is 3.00. The van der Waals surface area contributed by atoms with Crippen LogP contribution in [0.3, 0.4) is 0 Å². The maximum absolute atomic E-state index is 6.42. The Bertz CT molecular complexity index is 2220. The van der Waals surface area contributed by atoms with Gasteiger partial charge in [-0.25, -0.2) is 4.98 Å². The molecule has 0 amide bonds. The van der Waals surface area contributed by atoms with E-state index in [4.69, 9.17) is 4.74 Å². The fraction of sp³-hybridized carbons (Fsp3) is 0. The van der Waals surface area contributed by atoms with Gasteiger partial charge < -0.3 is 13.9 Å². The largest absolute Gasteiger partial charge is 0.509 e. The molecule has 0 aliphatic heterocycles. The number of benzene rings is 4. The van der Waals surface area contributed by atoms with E-state index in [0.29, 0.717) is 11.5 Å². The van der Waals surface area contributed by atoms with E-state index < -0.39 is 0 Å². The molecule has 4 heterocycles. The van der Waals surface area contributed by atoms with Crippen LogP contribution in [-0.2, 0) is 21.1 Å². The zero-order valence-electron chi connectivity index (χ0n) is 21.8.